The summed E-state index contributed by atoms with van der Waals surface area (Å²) in [6.45, 7) is 1.14. The van der Waals surface area contributed by atoms with Crippen molar-refractivity contribution >= 4 is 18.3 Å². The fourth-order valence-corrected chi connectivity index (χ4v) is 2.34. The Morgan fingerprint density at radius 3 is 2.67 bits per heavy atom. The van der Waals surface area contributed by atoms with Gasteiger partial charge in [0.2, 0.25) is 17.6 Å². The van der Waals surface area contributed by atoms with Gasteiger partial charge in [0.15, 0.2) is 0 Å². The summed E-state index contributed by atoms with van der Waals surface area (Å²) in [5.41, 5.74) is 7.51. The molecular weight excluding hydrogens is 292 g/mol. The van der Waals surface area contributed by atoms with Gasteiger partial charge in [-0.25, -0.2) is 0 Å². The summed E-state index contributed by atoms with van der Waals surface area (Å²) in [5, 5.41) is 3.99. The Hall–Kier alpha value is -1.92. The van der Waals surface area contributed by atoms with Crippen LogP contribution in [0.1, 0.15) is 23.8 Å². The average molecular weight is 309 g/mol. The number of nitrogens with two attached hydrogens (primary N) is 1. The van der Waals surface area contributed by atoms with Crippen molar-refractivity contribution in [2.24, 2.45) is 5.73 Å². The number of hydrogen-bond acceptors (Lipinski definition) is 5. The number of aromatic nitrogens is 2. The summed E-state index contributed by atoms with van der Waals surface area (Å²) in [6.07, 6.45) is 0.435. The lowest BCUT2D eigenvalue weighted by Gasteiger charge is -2.05. The third kappa shape index (κ3) is 3.06. The van der Waals surface area contributed by atoms with Crippen LogP contribution in [0.5, 0.6) is 0 Å². The molecule has 1 aliphatic rings. The molecule has 1 aromatic heterocycles. The summed E-state index contributed by atoms with van der Waals surface area (Å²) < 4.78 is 5.29. The second kappa shape index (κ2) is 6.24. The first-order valence-corrected chi connectivity index (χ1v) is 6.54. The molecule has 2 heterocycles. The second-order valence-corrected chi connectivity index (χ2v) is 5.03. The number of benzene rings is 1. The fourth-order valence-electron chi connectivity index (χ4n) is 2.34. The lowest BCUT2D eigenvalue weighted by Crippen LogP contribution is -2.18. The number of amides is 1. The highest BCUT2D eigenvalue weighted by molar-refractivity contribution is 5.85. The number of rotatable bonds is 3. The Labute approximate surface area is 128 Å². The number of halogens is 1. The maximum atomic E-state index is 11.5. The predicted octanol–water partition coefficient (Wildman–Crippen LogP) is 1.56. The highest BCUT2D eigenvalue weighted by Gasteiger charge is 2.32. The van der Waals surface area contributed by atoms with E-state index in [1.165, 1.54) is 0 Å². The third-order valence-electron chi connectivity index (χ3n) is 3.58. The highest BCUT2D eigenvalue weighted by Crippen LogP contribution is 2.27. The van der Waals surface area contributed by atoms with Crippen molar-refractivity contribution in [1.82, 2.24) is 15.0 Å². The second-order valence-electron chi connectivity index (χ2n) is 5.03. The fraction of sp³-hybridized carbons (Fsp3) is 0.357. The van der Waals surface area contributed by atoms with E-state index < -0.39 is 0 Å². The number of hydrogen-bond donors (Lipinski definition) is 1. The molecule has 21 heavy (non-hydrogen) atoms. The van der Waals surface area contributed by atoms with Crippen LogP contribution in [-0.4, -0.2) is 34.5 Å². The minimum Gasteiger partial charge on any atom is -0.345 e. The monoisotopic (exact) mass is 308 g/mol. The molecular formula is C14H17ClN4O2. The molecule has 3 rings (SSSR count). The number of carbonyl (C=O) groups is 1. The van der Waals surface area contributed by atoms with Crippen molar-refractivity contribution in [3.8, 4) is 11.4 Å². The van der Waals surface area contributed by atoms with Gasteiger partial charge in [-0.05, 0) is 5.56 Å². The van der Waals surface area contributed by atoms with E-state index in [0.29, 0.717) is 31.2 Å². The van der Waals surface area contributed by atoms with E-state index >= 15 is 0 Å². The van der Waals surface area contributed by atoms with Crippen LogP contribution in [0.4, 0.5) is 0 Å². The van der Waals surface area contributed by atoms with Gasteiger partial charge in [0.1, 0.15) is 0 Å². The summed E-state index contributed by atoms with van der Waals surface area (Å²) in [7, 11) is 1.78. The molecule has 112 valence electrons. The normalized spacial score (nSPS) is 17.9. The molecule has 0 bridgehead atoms. The molecule has 1 atom stereocenters. The molecule has 0 spiro atoms. The summed E-state index contributed by atoms with van der Waals surface area (Å²) >= 11 is 0. The lowest BCUT2D eigenvalue weighted by molar-refractivity contribution is -0.126. The molecule has 2 N–H and O–H groups in total. The van der Waals surface area contributed by atoms with Gasteiger partial charge in [-0.1, -0.05) is 29.4 Å². The maximum absolute atomic E-state index is 11.5. The first kappa shape index (κ1) is 15.5. The zero-order chi connectivity index (χ0) is 14.1. The van der Waals surface area contributed by atoms with E-state index in [1.54, 1.807) is 11.9 Å². The number of likely N-dealkylation sites (N-methyl/N-ethyl adjacent to an activating group) is 1. The smallest absolute Gasteiger partial charge is 0.232 e. The Morgan fingerprint density at radius 1 is 1.38 bits per heavy atom. The minimum atomic E-state index is -0.00272. The van der Waals surface area contributed by atoms with Gasteiger partial charge in [0.05, 0.1) is 5.92 Å². The topological polar surface area (TPSA) is 85.2 Å². The van der Waals surface area contributed by atoms with Crippen molar-refractivity contribution in [3.05, 3.63) is 35.7 Å². The van der Waals surface area contributed by atoms with Crippen molar-refractivity contribution in [2.75, 3.05) is 13.6 Å². The highest BCUT2D eigenvalue weighted by atomic mass is 35.5. The van der Waals surface area contributed by atoms with Gasteiger partial charge in [-0.15, -0.1) is 12.4 Å². The maximum Gasteiger partial charge on any atom is 0.232 e. The number of carbonyl (C=O) groups excluding carboxylic acids is 1. The van der Waals surface area contributed by atoms with Crippen LogP contribution >= 0.6 is 12.4 Å². The average Bonchev–Trinajstić information content (AvgIpc) is 3.07. The Balaban J connectivity index is 0.00000161. The van der Waals surface area contributed by atoms with E-state index in [2.05, 4.69) is 10.1 Å². The van der Waals surface area contributed by atoms with E-state index in [9.17, 15) is 4.79 Å². The molecule has 1 aliphatic heterocycles. The van der Waals surface area contributed by atoms with Crippen LogP contribution in [-0.2, 0) is 11.3 Å². The molecule has 6 nitrogen and oxygen atoms in total. The van der Waals surface area contributed by atoms with Crippen LogP contribution < -0.4 is 5.73 Å². The Bertz CT molecular complexity index is 626. The summed E-state index contributed by atoms with van der Waals surface area (Å²) in [5.74, 6) is 1.19. The molecule has 0 saturated carbocycles. The van der Waals surface area contributed by atoms with Crippen LogP contribution in [0, 0.1) is 0 Å². The number of nitrogens with zero attached hydrogens (tertiary/aromatic N) is 3. The van der Waals surface area contributed by atoms with E-state index in [4.69, 9.17) is 10.3 Å². The molecule has 1 unspecified atom stereocenters. The van der Waals surface area contributed by atoms with Crippen molar-refractivity contribution in [1.29, 1.82) is 0 Å². The van der Waals surface area contributed by atoms with Crippen LogP contribution in [0.25, 0.3) is 11.4 Å². The van der Waals surface area contributed by atoms with Crippen LogP contribution in [0.3, 0.4) is 0 Å². The molecule has 1 aromatic carbocycles. The van der Waals surface area contributed by atoms with E-state index in [0.717, 1.165) is 11.1 Å². The molecule has 1 fully saturated rings. The molecule has 0 radical (unpaired) electrons. The first-order valence-electron chi connectivity index (χ1n) is 6.54. The van der Waals surface area contributed by atoms with Crippen molar-refractivity contribution in [3.63, 3.8) is 0 Å². The quantitative estimate of drug-likeness (QED) is 0.930. The Kier molecular flexibility index (Phi) is 4.59. The van der Waals surface area contributed by atoms with Gasteiger partial charge in [-0.3, -0.25) is 4.79 Å². The van der Waals surface area contributed by atoms with Crippen LogP contribution in [0.2, 0.25) is 0 Å². The zero-order valence-electron chi connectivity index (χ0n) is 11.7. The summed E-state index contributed by atoms with van der Waals surface area (Å²) in [4.78, 5) is 17.6. The van der Waals surface area contributed by atoms with Crippen LogP contribution in [0.15, 0.2) is 28.8 Å². The standard InChI is InChI=1S/C14H16N4O2.ClH/c1-18-8-11(6-12(18)19)14-16-13(17-20-14)10-4-2-9(7-15)3-5-10;/h2-5,11H,6-8,15H2,1H3;1H. The van der Waals surface area contributed by atoms with Gasteiger partial charge in [0, 0.05) is 32.1 Å². The molecule has 1 saturated heterocycles. The molecule has 2 aromatic rings. The Morgan fingerprint density at radius 2 is 2.10 bits per heavy atom. The lowest BCUT2D eigenvalue weighted by atomic mass is 10.1. The first-order chi connectivity index (χ1) is 9.67. The molecule has 1 amide bonds. The molecule has 7 heteroatoms. The van der Waals surface area contributed by atoms with Gasteiger partial charge >= 0.3 is 0 Å². The minimum absolute atomic E-state index is 0. The predicted molar refractivity (Wildman–Crippen MR) is 79.9 cm³/mol. The van der Waals surface area contributed by atoms with Crippen molar-refractivity contribution in [2.45, 2.75) is 18.9 Å². The molecule has 0 aliphatic carbocycles. The van der Waals surface area contributed by atoms with Gasteiger partial charge in [-0.2, -0.15) is 4.98 Å². The largest absolute Gasteiger partial charge is 0.345 e. The SMILES string of the molecule is CN1CC(c2nc(-c3ccc(CN)cc3)no2)CC1=O.Cl. The van der Waals surface area contributed by atoms with Gasteiger partial charge in [0.25, 0.3) is 0 Å². The summed E-state index contributed by atoms with van der Waals surface area (Å²) in [6, 6.07) is 7.72. The van der Waals surface area contributed by atoms with E-state index in [-0.39, 0.29) is 24.2 Å². The zero-order valence-corrected chi connectivity index (χ0v) is 12.5. The van der Waals surface area contributed by atoms with E-state index in [1.807, 2.05) is 24.3 Å². The third-order valence-corrected chi connectivity index (χ3v) is 3.58. The van der Waals surface area contributed by atoms with Crippen molar-refractivity contribution < 1.29 is 9.32 Å². The van der Waals surface area contributed by atoms with Gasteiger partial charge < -0.3 is 15.2 Å². The number of likely N-dealkylation sites (tertiary alicyclic amines) is 1.